The van der Waals surface area contributed by atoms with E-state index in [1.807, 2.05) is 24.3 Å². The lowest BCUT2D eigenvalue weighted by atomic mass is 9.98. The molecule has 184 valence electrons. The molecule has 0 spiro atoms. The van der Waals surface area contributed by atoms with Crippen LogP contribution in [0.15, 0.2) is 48.5 Å². The van der Waals surface area contributed by atoms with E-state index < -0.39 is 24.1 Å². The number of carboxylic acids is 1. The molecule has 2 amide bonds. The number of amides is 2. The van der Waals surface area contributed by atoms with Crippen LogP contribution >= 0.6 is 0 Å². The van der Waals surface area contributed by atoms with Crippen LogP contribution in [0.25, 0.3) is 11.1 Å². The highest BCUT2D eigenvalue weighted by Gasteiger charge is 2.36. The molecule has 0 aromatic heterocycles. The summed E-state index contributed by atoms with van der Waals surface area (Å²) in [5, 5.41) is 12.0. The van der Waals surface area contributed by atoms with Gasteiger partial charge in [0.2, 0.25) is 5.91 Å². The predicted octanol–water partition coefficient (Wildman–Crippen LogP) is 3.25. The van der Waals surface area contributed by atoms with Crippen molar-refractivity contribution in [3.63, 3.8) is 0 Å². The van der Waals surface area contributed by atoms with Crippen molar-refractivity contribution in [1.82, 2.24) is 10.2 Å². The lowest BCUT2D eigenvalue weighted by Gasteiger charge is -2.33. The third-order valence-electron chi connectivity index (χ3n) is 7.15. The van der Waals surface area contributed by atoms with Crippen LogP contribution in [0.1, 0.15) is 36.3 Å². The van der Waals surface area contributed by atoms with Gasteiger partial charge in [0.15, 0.2) is 6.10 Å². The van der Waals surface area contributed by atoms with Gasteiger partial charge >= 0.3 is 12.1 Å². The van der Waals surface area contributed by atoms with E-state index in [0.717, 1.165) is 35.1 Å². The number of aliphatic carboxylic acids is 1. The predicted molar refractivity (Wildman–Crippen MR) is 128 cm³/mol. The van der Waals surface area contributed by atoms with Crippen LogP contribution in [0.2, 0.25) is 0 Å². The van der Waals surface area contributed by atoms with Crippen molar-refractivity contribution in [2.75, 3.05) is 32.8 Å². The van der Waals surface area contributed by atoms with Crippen LogP contribution < -0.4 is 5.32 Å². The van der Waals surface area contributed by atoms with Gasteiger partial charge in [-0.05, 0) is 34.6 Å². The first-order valence-corrected chi connectivity index (χ1v) is 12.2. The fourth-order valence-corrected chi connectivity index (χ4v) is 5.14. The maximum absolute atomic E-state index is 13.2. The van der Waals surface area contributed by atoms with Crippen LogP contribution in [-0.2, 0) is 19.1 Å². The Kier molecular flexibility index (Phi) is 6.72. The van der Waals surface area contributed by atoms with Crippen molar-refractivity contribution < 1.29 is 29.0 Å². The fraction of sp³-hybridized carbons (Fsp3) is 0.444. The number of hydrogen-bond acceptors (Lipinski definition) is 5. The molecule has 1 heterocycles. The average molecular weight is 479 g/mol. The number of fused-ring (bicyclic) bond motifs is 3. The molecule has 2 aliphatic carbocycles. The molecule has 0 radical (unpaired) electrons. The Balaban J connectivity index is 1.18. The summed E-state index contributed by atoms with van der Waals surface area (Å²) in [6.45, 7) is 0.958. The second kappa shape index (κ2) is 10.1. The van der Waals surface area contributed by atoms with Crippen LogP contribution in [0, 0.1) is 11.8 Å². The Labute approximate surface area is 204 Å². The molecule has 5 rings (SSSR count). The molecule has 1 saturated heterocycles. The second-order valence-electron chi connectivity index (χ2n) is 9.56. The first kappa shape index (κ1) is 23.4. The smallest absolute Gasteiger partial charge is 0.407 e. The van der Waals surface area contributed by atoms with Crippen molar-refractivity contribution in [2.24, 2.45) is 11.8 Å². The summed E-state index contributed by atoms with van der Waals surface area (Å²) in [7, 11) is 0. The normalized spacial score (nSPS) is 20.0. The van der Waals surface area contributed by atoms with Gasteiger partial charge in [0, 0.05) is 19.0 Å². The Bertz CT molecular complexity index is 1070. The Hall–Kier alpha value is -3.39. The van der Waals surface area contributed by atoms with Gasteiger partial charge in [-0.1, -0.05) is 61.4 Å². The molecule has 2 aromatic carbocycles. The number of ether oxygens (including phenoxy) is 2. The molecule has 2 aromatic rings. The molecule has 2 atom stereocenters. The largest absolute Gasteiger partial charge is 0.479 e. The van der Waals surface area contributed by atoms with Crippen LogP contribution in [0.3, 0.4) is 0 Å². The third kappa shape index (κ3) is 5.17. The minimum absolute atomic E-state index is 0.0281. The molecule has 2 unspecified atom stereocenters. The molecule has 1 aliphatic heterocycles. The minimum Gasteiger partial charge on any atom is -0.479 e. The number of nitrogens with zero attached hydrogens (tertiary/aromatic N) is 1. The van der Waals surface area contributed by atoms with Gasteiger partial charge < -0.3 is 24.8 Å². The third-order valence-corrected chi connectivity index (χ3v) is 7.15. The molecule has 8 nitrogen and oxygen atoms in total. The summed E-state index contributed by atoms with van der Waals surface area (Å²) in [4.78, 5) is 38.6. The van der Waals surface area contributed by atoms with Crippen molar-refractivity contribution in [2.45, 2.75) is 31.3 Å². The first-order chi connectivity index (χ1) is 17.0. The summed E-state index contributed by atoms with van der Waals surface area (Å²) >= 11 is 0. The van der Waals surface area contributed by atoms with E-state index in [1.165, 1.54) is 0 Å². The number of nitrogens with one attached hydrogen (secondary N) is 1. The van der Waals surface area contributed by atoms with Crippen LogP contribution in [-0.4, -0.2) is 66.9 Å². The van der Waals surface area contributed by atoms with E-state index in [9.17, 15) is 19.5 Å². The van der Waals surface area contributed by atoms with Gasteiger partial charge in [-0.2, -0.15) is 0 Å². The summed E-state index contributed by atoms with van der Waals surface area (Å²) < 4.78 is 10.9. The number of carbonyl (C=O) groups is 3. The van der Waals surface area contributed by atoms with Gasteiger partial charge in [0.1, 0.15) is 6.61 Å². The molecular weight excluding hydrogens is 448 g/mol. The van der Waals surface area contributed by atoms with E-state index >= 15 is 0 Å². The van der Waals surface area contributed by atoms with Gasteiger partial charge in [-0.25, -0.2) is 9.59 Å². The van der Waals surface area contributed by atoms with E-state index in [4.69, 9.17) is 9.47 Å². The van der Waals surface area contributed by atoms with Gasteiger partial charge in [0.05, 0.1) is 19.1 Å². The molecular formula is C27H30N2O6. The van der Waals surface area contributed by atoms with E-state index in [2.05, 4.69) is 29.6 Å². The highest BCUT2D eigenvalue weighted by molar-refractivity contribution is 5.82. The molecule has 2 fully saturated rings. The summed E-state index contributed by atoms with van der Waals surface area (Å²) in [6, 6.07) is 16.3. The average Bonchev–Trinajstić information content (AvgIpc) is 3.65. The number of morpholine rings is 1. The number of rotatable bonds is 8. The molecule has 8 heteroatoms. The lowest BCUT2D eigenvalue weighted by Crippen LogP contribution is -2.51. The summed E-state index contributed by atoms with van der Waals surface area (Å²) in [5.74, 6) is -1.16. The molecule has 2 N–H and O–H groups in total. The van der Waals surface area contributed by atoms with Crippen molar-refractivity contribution in [1.29, 1.82) is 0 Å². The lowest BCUT2D eigenvalue weighted by molar-refractivity contribution is -0.160. The first-order valence-electron chi connectivity index (χ1n) is 12.2. The topological polar surface area (TPSA) is 105 Å². The Morgan fingerprint density at radius 2 is 1.71 bits per heavy atom. The zero-order valence-electron chi connectivity index (χ0n) is 19.5. The van der Waals surface area contributed by atoms with Crippen LogP contribution in [0.4, 0.5) is 4.79 Å². The number of alkyl carbamates (subject to hydrolysis) is 1. The molecule has 0 bridgehead atoms. The molecule has 3 aliphatic rings. The van der Waals surface area contributed by atoms with E-state index in [-0.39, 0.29) is 38.1 Å². The number of carbonyl (C=O) groups excluding carboxylic acids is 2. The zero-order valence-corrected chi connectivity index (χ0v) is 19.5. The van der Waals surface area contributed by atoms with E-state index in [0.29, 0.717) is 18.9 Å². The maximum atomic E-state index is 13.2. The maximum Gasteiger partial charge on any atom is 0.407 e. The van der Waals surface area contributed by atoms with E-state index in [1.54, 1.807) is 4.90 Å². The SMILES string of the molecule is O=C(NCC(CC1CC1)C(=O)N1CCOC(C(=O)O)C1)OCC1c2ccccc2-c2ccccc21. The van der Waals surface area contributed by atoms with Gasteiger partial charge in [-0.3, -0.25) is 4.79 Å². The Morgan fingerprint density at radius 3 is 2.34 bits per heavy atom. The monoisotopic (exact) mass is 478 g/mol. The number of carboxylic acid groups (broad SMARTS) is 1. The number of hydrogen-bond donors (Lipinski definition) is 2. The highest BCUT2D eigenvalue weighted by Crippen LogP contribution is 2.44. The standard InChI is InChI=1S/C27H30N2O6/c30-25(29-11-12-34-24(15-29)26(31)32)18(13-17-9-10-17)14-28-27(33)35-16-23-21-7-3-1-5-19(21)20-6-2-4-8-22(20)23/h1-8,17-18,23-24H,9-16H2,(H,28,33)(H,31,32). The summed E-state index contributed by atoms with van der Waals surface area (Å²) in [5.41, 5.74) is 4.61. The van der Waals surface area contributed by atoms with Crippen molar-refractivity contribution in [3.8, 4) is 11.1 Å². The molecule has 35 heavy (non-hydrogen) atoms. The minimum atomic E-state index is -1.07. The van der Waals surface area contributed by atoms with Crippen LogP contribution in [0.5, 0.6) is 0 Å². The quantitative estimate of drug-likeness (QED) is 0.604. The second-order valence-corrected chi connectivity index (χ2v) is 9.56. The van der Waals surface area contributed by atoms with Gasteiger partial charge in [-0.15, -0.1) is 0 Å². The molecule has 1 saturated carbocycles. The van der Waals surface area contributed by atoms with Gasteiger partial charge in [0.25, 0.3) is 0 Å². The summed E-state index contributed by atoms with van der Waals surface area (Å²) in [6.07, 6.45) is 1.28. The zero-order chi connectivity index (χ0) is 24.4. The highest BCUT2D eigenvalue weighted by atomic mass is 16.5. The van der Waals surface area contributed by atoms with Crippen molar-refractivity contribution in [3.05, 3.63) is 59.7 Å². The number of benzene rings is 2. The Morgan fingerprint density at radius 1 is 1.06 bits per heavy atom. The fourth-order valence-electron chi connectivity index (χ4n) is 5.14. The van der Waals surface area contributed by atoms with Crippen molar-refractivity contribution >= 4 is 18.0 Å².